The van der Waals surface area contributed by atoms with Gasteiger partial charge in [-0.25, -0.2) is 0 Å². The lowest BCUT2D eigenvalue weighted by molar-refractivity contribution is 0.0201. The number of rotatable bonds is 3. The number of nitrogens with one attached hydrogen (secondary N) is 1. The highest BCUT2D eigenvalue weighted by Crippen LogP contribution is 2.33. The molecule has 1 saturated heterocycles. The van der Waals surface area contributed by atoms with Gasteiger partial charge in [-0.3, -0.25) is 0 Å². The molecule has 1 aliphatic carbocycles. The summed E-state index contributed by atoms with van der Waals surface area (Å²) < 4.78 is 5.67. The van der Waals surface area contributed by atoms with E-state index >= 15 is 0 Å². The van der Waals surface area contributed by atoms with E-state index in [1.165, 1.54) is 44.9 Å². The summed E-state index contributed by atoms with van der Waals surface area (Å²) >= 11 is 0. The molecule has 1 aliphatic heterocycles. The average molecular weight is 225 g/mol. The van der Waals surface area contributed by atoms with Crippen LogP contribution in [0.3, 0.4) is 0 Å². The van der Waals surface area contributed by atoms with Crippen molar-refractivity contribution in [2.24, 2.45) is 11.8 Å². The van der Waals surface area contributed by atoms with Crippen molar-refractivity contribution in [1.82, 2.24) is 5.32 Å². The maximum atomic E-state index is 5.67. The van der Waals surface area contributed by atoms with Gasteiger partial charge in [0, 0.05) is 19.3 Å². The van der Waals surface area contributed by atoms with Crippen LogP contribution in [-0.4, -0.2) is 25.8 Å². The van der Waals surface area contributed by atoms with Gasteiger partial charge in [0.05, 0.1) is 0 Å². The van der Waals surface area contributed by atoms with E-state index in [9.17, 15) is 0 Å². The van der Waals surface area contributed by atoms with Gasteiger partial charge in [0.1, 0.15) is 0 Å². The Kier molecular flexibility index (Phi) is 5.11. The zero-order valence-electron chi connectivity index (χ0n) is 10.7. The van der Waals surface area contributed by atoms with Crippen molar-refractivity contribution >= 4 is 0 Å². The molecule has 2 nitrogen and oxygen atoms in total. The smallest absolute Gasteiger partial charge is 0.0497 e. The molecule has 3 atom stereocenters. The van der Waals surface area contributed by atoms with Gasteiger partial charge in [0.2, 0.25) is 0 Å². The Balaban J connectivity index is 1.94. The molecule has 0 bridgehead atoms. The molecule has 94 valence electrons. The Bertz CT molecular complexity index is 189. The topological polar surface area (TPSA) is 21.3 Å². The standard InChI is InChI=1S/C14H27NO/c1-2-15-14-9-5-3-4-8-13(14)12-7-6-10-16-11-12/h12-15H,2-11H2,1H3. The fourth-order valence-electron chi connectivity index (χ4n) is 3.52. The first-order valence-corrected chi connectivity index (χ1v) is 7.23. The van der Waals surface area contributed by atoms with Crippen molar-refractivity contribution in [3.8, 4) is 0 Å². The van der Waals surface area contributed by atoms with Gasteiger partial charge in [-0.1, -0.05) is 26.2 Å². The molecule has 1 N–H and O–H groups in total. The van der Waals surface area contributed by atoms with Crippen LogP contribution in [0.5, 0.6) is 0 Å². The summed E-state index contributed by atoms with van der Waals surface area (Å²) in [5, 5.41) is 3.72. The fourth-order valence-corrected chi connectivity index (χ4v) is 3.52. The molecule has 2 fully saturated rings. The van der Waals surface area contributed by atoms with E-state index in [1.807, 2.05) is 0 Å². The van der Waals surface area contributed by atoms with Crippen LogP contribution >= 0.6 is 0 Å². The van der Waals surface area contributed by atoms with Crippen molar-refractivity contribution in [3.63, 3.8) is 0 Å². The predicted octanol–water partition coefficient (Wildman–Crippen LogP) is 2.97. The van der Waals surface area contributed by atoms with Crippen LogP contribution in [0.2, 0.25) is 0 Å². The predicted molar refractivity (Wildman–Crippen MR) is 67.6 cm³/mol. The normalized spacial score (nSPS) is 36.9. The van der Waals surface area contributed by atoms with Crippen LogP contribution in [0.1, 0.15) is 51.9 Å². The van der Waals surface area contributed by atoms with Gasteiger partial charge in [-0.05, 0) is 44.1 Å². The van der Waals surface area contributed by atoms with Crippen molar-refractivity contribution in [2.45, 2.75) is 57.9 Å². The van der Waals surface area contributed by atoms with Gasteiger partial charge < -0.3 is 10.1 Å². The van der Waals surface area contributed by atoms with Crippen LogP contribution in [0, 0.1) is 11.8 Å². The highest BCUT2D eigenvalue weighted by Gasteiger charge is 2.31. The minimum atomic E-state index is 0.763. The van der Waals surface area contributed by atoms with Crippen molar-refractivity contribution < 1.29 is 4.74 Å². The van der Waals surface area contributed by atoms with Crippen LogP contribution in [0.15, 0.2) is 0 Å². The summed E-state index contributed by atoms with van der Waals surface area (Å²) in [5.74, 6) is 1.71. The molecule has 0 radical (unpaired) electrons. The molecule has 1 saturated carbocycles. The lowest BCUT2D eigenvalue weighted by Crippen LogP contribution is -2.41. The minimum absolute atomic E-state index is 0.763. The quantitative estimate of drug-likeness (QED) is 0.746. The second-order valence-corrected chi connectivity index (χ2v) is 5.44. The summed E-state index contributed by atoms with van der Waals surface area (Å²) in [6, 6.07) is 0.763. The summed E-state index contributed by atoms with van der Waals surface area (Å²) in [4.78, 5) is 0. The van der Waals surface area contributed by atoms with Crippen molar-refractivity contribution in [2.75, 3.05) is 19.8 Å². The zero-order chi connectivity index (χ0) is 11.2. The highest BCUT2D eigenvalue weighted by atomic mass is 16.5. The number of hydrogen-bond acceptors (Lipinski definition) is 2. The molecule has 0 spiro atoms. The summed E-state index contributed by atoms with van der Waals surface area (Å²) in [6.45, 7) is 5.37. The van der Waals surface area contributed by atoms with Crippen LogP contribution in [-0.2, 0) is 4.74 Å². The largest absolute Gasteiger partial charge is 0.381 e. The van der Waals surface area contributed by atoms with E-state index in [0.29, 0.717) is 0 Å². The summed E-state index contributed by atoms with van der Waals surface area (Å²) in [7, 11) is 0. The van der Waals surface area contributed by atoms with E-state index in [-0.39, 0.29) is 0 Å². The third kappa shape index (κ3) is 3.21. The van der Waals surface area contributed by atoms with Gasteiger partial charge >= 0.3 is 0 Å². The molecule has 1 heterocycles. The highest BCUT2D eigenvalue weighted by molar-refractivity contribution is 4.85. The van der Waals surface area contributed by atoms with E-state index in [1.54, 1.807) is 0 Å². The number of ether oxygens (including phenoxy) is 1. The van der Waals surface area contributed by atoms with Gasteiger partial charge in [-0.15, -0.1) is 0 Å². The zero-order valence-corrected chi connectivity index (χ0v) is 10.7. The van der Waals surface area contributed by atoms with E-state index in [2.05, 4.69) is 12.2 Å². The number of hydrogen-bond donors (Lipinski definition) is 1. The SMILES string of the molecule is CCNC1CCCCCC1C1CCCOC1. The molecule has 2 aliphatic rings. The van der Waals surface area contributed by atoms with Crippen molar-refractivity contribution in [3.05, 3.63) is 0 Å². The molecule has 2 heteroatoms. The Morgan fingerprint density at radius 2 is 1.94 bits per heavy atom. The van der Waals surface area contributed by atoms with Gasteiger partial charge in [0.15, 0.2) is 0 Å². The lowest BCUT2D eigenvalue weighted by atomic mass is 9.80. The monoisotopic (exact) mass is 225 g/mol. The molecule has 0 aromatic rings. The fraction of sp³-hybridized carbons (Fsp3) is 1.00. The molecule has 2 rings (SSSR count). The lowest BCUT2D eigenvalue weighted by Gasteiger charge is -2.35. The van der Waals surface area contributed by atoms with Crippen LogP contribution in [0.25, 0.3) is 0 Å². The molecular formula is C14H27NO. The molecule has 0 aromatic carbocycles. The molecule has 0 aromatic heterocycles. The Morgan fingerprint density at radius 3 is 2.69 bits per heavy atom. The van der Waals surface area contributed by atoms with E-state index in [4.69, 9.17) is 4.74 Å². The second-order valence-electron chi connectivity index (χ2n) is 5.44. The van der Waals surface area contributed by atoms with Crippen LogP contribution in [0.4, 0.5) is 0 Å². The van der Waals surface area contributed by atoms with Gasteiger partial charge in [0.25, 0.3) is 0 Å². The maximum absolute atomic E-state index is 5.67. The summed E-state index contributed by atoms with van der Waals surface area (Å²) in [6.07, 6.45) is 9.77. The average Bonchev–Trinajstić information content (AvgIpc) is 2.56. The van der Waals surface area contributed by atoms with Crippen molar-refractivity contribution in [1.29, 1.82) is 0 Å². The molecule has 0 amide bonds. The Hall–Kier alpha value is -0.0800. The second kappa shape index (κ2) is 6.61. The Labute approximate surface area is 100 Å². The van der Waals surface area contributed by atoms with E-state index < -0.39 is 0 Å². The maximum Gasteiger partial charge on any atom is 0.0497 e. The van der Waals surface area contributed by atoms with E-state index in [0.717, 1.165) is 37.6 Å². The first-order valence-electron chi connectivity index (χ1n) is 7.23. The molecule has 16 heavy (non-hydrogen) atoms. The molecule has 3 unspecified atom stereocenters. The third-order valence-corrected chi connectivity index (χ3v) is 4.34. The third-order valence-electron chi connectivity index (χ3n) is 4.34. The van der Waals surface area contributed by atoms with Crippen LogP contribution < -0.4 is 5.32 Å². The Morgan fingerprint density at radius 1 is 1.06 bits per heavy atom. The first kappa shape index (κ1) is 12.4. The molecular weight excluding hydrogens is 198 g/mol. The van der Waals surface area contributed by atoms with Gasteiger partial charge in [-0.2, -0.15) is 0 Å². The minimum Gasteiger partial charge on any atom is -0.381 e. The summed E-state index contributed by atoms with van der Waals surface area (Å²) in [5.41, 5.74) is 0. The first-order chi connectivity index (χ1) is 7.92.